The van der Waals surface area contributed by atoms with Gasteiger partial charge in [-0.25, -0.2) is 0 Å². The average molecular weight is 178 g/mol. The van der Waals surface area contributed by atoms with E-state index in [2.05, 4.69) is 19.9 Å². The highest BCUT2D eigenvalue weighted by atomic mass is 16.1. The zero-order chi connectivity index (χ0) is 9.68. The summed E-state index contributed by atoms with van der Waals surface area (Å²) >= 11 is 0. The smallest absolute Gasteiger partial charge is 0.120 e. The number of hydrogen-bond acceptors (Lipinski definition) is 1. The Balaban J connectivity index is 2.54. The van der Waals surface area contributed by atoms with Crippen LogP contribution in [0.4, 0.5) is 0 Å². The van der Waals surface area contributed by atoms with E-state index >= 15 is 0 Å². The number of allylic oxidation sites excluding steroid dienone is 4. The molecule has 1 aliphatic carbocycles. The van der Waals surface area contributed by atoms with Crippen molar-refractivity contribution in [3.63, 3.8) is 0 Å². The molecule has 0 saturated heterocycles. The molecule has 0 aromatic rings. The van der Waals surface area contributed by atoms with Gasteiger partial charge in [-0.15, -0.1) is 0 Å². The van der Waals surface area contributed by atoms with Crippen LogP contribution >= 0.6 is 0 Å². The number of aldehydes is 1. The fourth-order valence-corrected chi connectivity index (χ4v) is 1.69. The van der Waals surface area contributed by atoms with Gasteiger partial charge in [0.1, 0.15) is 6.29 Å². The summed E-state index contributed by atoms with van der Waals surface area (Å²) in [5, 5.41) is 0. The fourth-order valence-electron chi connectivity index (χ4n) is 1.69. The lowest BCUT2D eigenvalue weighted by Gasteiger charge is -2.15. The molecular formula is C12H18O. The summed E-state index contributed by atoms with van der Waals surface area (Å²) in [6, 6.07) is 0. The van der Waals surface area contributed by atoms with Crippen molar-refractivity contribution in [2.45, 2.75) is 46.0 Å². The van der Waals surface area contributed by atoms with Crippen molar-refractivity contribution in [3.05, 3.63) is 22.8 Å². The van der Waals surface area contributed by atoms with Gasteiger partial charge in [0.05, 0.1) is 0 Å². The highest BCUT2D eigenvalue weighted by molar-refractivity contribution is 5.50. The van der Waals surface area contributed by atoms with E-state index in [1.807, 2.05) is 0 Å². The van der Waals surface area contributed by atoms with Crippen LogP contribution < -0.4 is 0 Å². The second-order valence-corrected chi connectivity index (χ2v) is 3.84. The summed E-state index contributed by atoms with van der Waals surface area (Å²) in [5.41, 5.74) is 4.48. The van der Waals surface area contributed by atoms with Crippen LogP contribution in [-0.4, -0.2) is 6.29 Å². The first-order valence-electron chi connectivity index (χ1n) is 5.01. The van der Waals surface area contributed by atoms with E-state index in [4.69, 9.17) is 0 Å². The second kappa shape index (κ2) is 5.00. The minimum atomic E-state index is 0.679. The molecule has 0 spiro atoms. The van der Waals surface area contributed by atoms with Crippen LogP contribution in [0, 0.1) is 0 Å². The molecule has 72 valence electrons. The van der Waals surface area contributed by atoms with Gasteiger partial charge in [-0.1, -0.05) is 22.8 Å². The van der Waals surface area contributed by atoms with Crippen LogP contribution in [0.1, 0.15) is 46.0 Å². The predicted octanol–water partition coefficient (Wildman–Crippen LogP) is 3.41. The minimum absolute atomic E-state index is 0.679. The van der Waals surface area contributed by atoms with Crippen molar-refractivity contribution in [1.29, 1.82) is 0 Å². The monoisotopic (exact) mass is 178 g/mol. The molecule has 0 amide bonds. The lowest BCUT2D eigenvalue weighted by atomic mass is 9.91. The lowest BCUT2D eigenvalue weighted by molar-refractivity contribution is -0.107. The quantitative estimate of drug-likeness (QED) is 0.478. The zero-order valence-electron chi connectivity index (χ0n) is 8.60. The molecular weight excluding hydrogens is 160 g/mol. The molecule has 0 N–H and O–H groups in total. The van der Waals surface area contributed by atoms with Crippen LogP contribution in [0.15, 0.2) is 22.8 Å². The molecule has 13 heavy (non-hydrogen) atoms. The Kier molecular flexibility index (Phi) is 3.94. The van der Waals surface area contributed by atoms with Crippen LogP contribution in [0.5, 0.6) is 0 Å². The van der Waals surface area contributed by atoms with Gasteiger partial charge in [0.2, 0.25) is 0 Å². The summed E-state index contributed by atoms with van der Waals surface area (Å²) in [6.45, 7) is 4.35. The third-order valence-corrected chi connectivity index (χ3v) is 2.76. The summed E-state index contributed by atoms with van der Waals surface area (Å²) in [7, 11) is 0. The maximum atomic E-state index is 10.2. The van der Waals surface area contributed by atoms with Gasteiger partial charge in [-0.3, -0.25) is 0 Å². The first-order valence-corrected chi connectivity index (χ1v) is 5.01. The summed E-state index contributed by atoms with van der Waals surface area (Å²) < 4.78 is 0. The minimum Gasteiger partial charge on any atom is -0.303 e. The third-order valence-electron chi connectivity index (χ3n) is 2.76. The van der Waals surface area contributed by atoms with E-state index in [0.29, 0.717) is 6.42 Å². The number of hydrogen-bond donors (Lipinski definition) is 0. The van der Waals surface area contributed by atoms with Crippen LogP contribution in [0.25, 0.3) is 0 Å². The molecule has 0 aromatic heterocycles. The lowest BCUT2D eigenvalue weighted by Crippen LogP contribution is -1.96. The molecule has 1 aliphatic rings. The fraction of sp³-hybridized carbons (Fsp3) is 0.583. The second-order valence-electron chi connectivity index (χ2n) is 3.84. The van der Waals surface area contributed by atoms with Gasteiger partial charge in [0.25, 0.3) is 0 Å². The van der Waals surface area contributed by atoms with E-state index < -0.39 is 0 Å². The first kappa shape index (κ1) is 10.2. The van der Waals surface area contributed by atoms with Gasteiger partial charge < -0.3 is 4.79 Å². The summed E-state index contributed by atoms with van der Waals surface area (Å²) in [4.78, 5) is 10.2. The molecule has 0 unspecified atom stereocenters. The molecule has 1 rings (SSSR count). The van der Waals surface area contributed by atoms with Crippen molar-refractivity contribution in [3.8, 4) is 0 Å². The molecule has 1 heteroatoms. The van der Waals surface area contributed by atoms with Gasteiger partial charge in [-0.05, 0) is 39.5 Å². The molecule has 1 nitrogen and oxygen atoms in total. The molecule has 0 fully saturated rings. The molecule has 0 aromatic carbocycles. The van der Waals surface area contributed by atoms with Crippen LogP contribution in [0.3, 0.4) is 0 Å². The Morgan fingerprint density at radius 1 is 1.54 bits per heavy atom. The largest absolute Gasteiger partial charge is 0.303 e. The van der Waals surface area contributed by atoms with Gasteiger partial charge >= 0.3 is 0 Å². The summed E-state index contributed by atoms with van der Waals surface area (Å²) in [5.74, 6) is 0. The van der Waals surface area contributed by atoms with Crippen molar-refractivity contribution in [1.82, 2.24) is 0 Å². The number of rotatable bonds is 3. The topological polar surface area (TPSA) is 17.1 Å². The molecule has 0 radical (unpaired) electrons. The van der Waals surface area contributed by atoms with E-state index in [1.165, 1.54) is 24.0 Å². The number of carbonyl (C=O) groups is 1. The van der Waals surface area contributed by atoms with Crippen molar-refractivity contribution in [2.24, 2.45) is 0 Å². The standard InChI is InChI=1S/C12H18O/c1-10-5-7-12(8-6-10)11(2)4-3-9-13/h5,9H,3-4,6-8H2,1-2H3/b12-11+. The van der Waals surface area contributed by atoms with Crippen molar-refractivity contribution < 1.29 is 4.79 Å². The maximum Gasteiger partial charge on any atom is 0.120 e. The first-order chi connectivity index (χ1) is 6.24. The Hall–Kier alpha value is -0.850. The molecule has 0 heterocycles. The van der Waals surface area contributed by atoms with E-state index in [9.17, 15) is 4.79 Å². The van der Waals surface area contributed by atoms with Gasteiger partial charge in [0.15, 0.2) is 0 Å². The van der Waals surface area contributed by atoms with Crippen LogP contribution in [0.2, 0.25) is 0 Å². The van der Waals surface area contributed by atoms with Gasteiger partial charge in [0, 0.05) is 6.42 Å². The summed E-state index contributed by atoms with van der Waals surface area (Å²) in [6.07, 6.45) is 8.46. The zero-order valence-corrected chi connectivity index (χ0v) is 8.60. The number of carbonyl (C=O) groups excluding carboxylic acids is 1. The Morgan fingerprint density at radius 3 is 2.85 bits per heavy atom. The molecule has 0 saturated carbocycles. The SMILES string of the molecule is CC1=CC/C(=C(/C)CCC=O)CC1. The predicted molar refractivity (Wildman–Crippen MR) is 55.6 cm³/mol. The highest BCUT2D eigenvalue weighted by Gasteiger charge is 2.06. The van der Waals surface area contributed by atoms with Crippen molar-refractivity contribution >= 4 is 6.29 Å². The maximum absolute atomic E-state index is 10.2. The van der Waals surface area contributed by atoms with Crippen LogP contribution in [-0.2, 0) is 4.79 Å². The Bertz CT molecular complexity index is 246. The normalized spacial score (nSPS) is 20.9. The van der Waals surface area contributed by atoms with Gasteiger partial charge in [-0.2, -0.15) is 0 Å². The van der Waals surface area contributed by atoms with E-state index in [1.54, 1.807) is 5.57 Å². The molecule has 0 atom stereocenters. The Labute approximate surface area is 80.5 Å². The molecule has 0 aliphatic heterocycles. The van der Waals surface area contributed by atoms with E-state index in [-0.39, 0.29) is 0 Å². The Morgan fingerprint density at radius 2 is 2.31 bits per heavy atom. The third kappa shape index (κ3) is 3.17. The van der Waals surface area contributed by atoms with Crippen molar-refractivity contribution in [2.75, 3.05) is 0 Å². The molecule has 0 bridgehead atoms. The average Bonchev–Trinajstić information content (AvgIpc) is 2.15. The highest BCUT2D eigenvalue weighted by Crippen LogP contribution is 2.26. The van der Waals surface area contributed by atoms with E-state index in [0.717, 1.165) is 19.1 Å².